The van der Waals surface area contributed by atoms with Crippen molar-refractivity contribution in [1.82, 2.24) is 29.6 Å². The summed E-state index contributed by atoms with van der Waals surface area (Å²) in [7, 11) is -1.49. The molecular formula is C27H33N7O4S. The molecule has 1 amide bonds. The van der Waals surface area contributed by atoms with E-state index in [9.17, 15) is 13.2 Å². The highest BCUT2D eigenvalue weighted by molar-refractivity contribution is 7.89. The maximum absolute atomic E-state index is 13.3. The van der Waals surface area contributed by atoms with E-state index >= 15 is 0 Å². The molecule has 0 saturated carbocycles. The van der Waals surface area contributed by atoms with Crippen LogP contribution in [0.1, 0.15) is 15.9 Å². The summed E-state index contributed by atoms with van der Waals surface area (Å²) in [5, 5.41) is 8.72. The number of benzene rings is 2. The zero-order valence-electron chi connectivity index (χ0n) is 21.9. The molecular weight excluding hydrogens is 518 g/mol. The van der Waals surface area contributed by atoms with Gasteiger partial charge in [-0.25, -0.2) is 23.9 Å². The van der Waals surface area contributed by atoms with Gasteiger partial charge < -0.3 is 9.80 Å². The van der Waals surface area contributed by atoms with Crippen molar-refractivity contribution >= 4 is 21.9 Å². The Labute approximate surface area is 228 Å². The van der Waals surface area contributed by atoms with E-state index < -0.39 is 15.9 Å². The van der Waals surface area contributed by atoms with E-state index in [1.165, 1.54) is 22.3 Å². The van der Waals surface area contributed by atoms with E-state index in [4.69, 9.17) is 5.21 Å². The van der Waals surface area contributed by atoms with E-state index in [0.29, 0.717) is 32.1 Å². The fourth-order valence-corrected chi connectivity index (χ4v) is 6.30. The number of nitrogens with zero attached hydrogens (tertiary/aromatic N) is 6. The molecule has 2 aliphatic rings. The molecule has 2 aromatic carbocycles. The molecule has 3 heterocycles. The molecule has 0 unspecified atom stereocenters. The van der Waals surface area contributed by atoms with Crippen molar-refractivity contribution in [1.29, 1.82) is 0 Å². The number of sulfonamides is 1. The summed E-state index contributed by atoms with van der Waals surface area (Å²) >= 11 is 0. The lowest BCUT2D eigenvalue weighted by molar-refractivity contribution is 0.0705. The largest absolute Gasteiger partial charge is 0.338 e. The number of likely N-dealkylation sites (N-methyl/N-ethyl adjacent to an activating group) is 1. The Hall–Kier alpha value is -3.42. The van der Waals surface area contributed by atoms with Gasteiger partial charge in [-0.1, -0.05) is 30.3 Å². The van der Waals surface area contributed by atoms with Crippen LogP contribution in [-0.2, 0) is 16.6 Å². The Morgan fingerprint density at radius 1 is 0.897 bits per heavy atom. The van der Waals surface area contributed by atoms with Crippen LogP contribution in [0, 0.1) is 0 Å². The second kappa shape index (κ2) is 11.8. The van der Waals surface area contributed by atoms with Crippen LogP contribution in [0.2, 0.25) is 0 Å². The molecule has 0 radical (unpaired) electrons. The Morgan fingerprint density at radius 2 is 1.56 bits per heavy atom. The van der Waals surface area contributed by atoms with Gasteiger partial charge in [0.2, 0.25) is 16.0 Å². The number of piperazine rings is 2. The molecule has 5 rings (SSSR count). The van der Waals surface area contributed by atoms with Crippen molar-refractivity contribution in [2.75, 3.05) is 64.3 Å². The summed E-state index contributed by atoms with van der Waals surface area (Å²) in [4.78, 5) is 26.7. The molecule has 11 nitrogen and oxygen atoms in total. The van der Waals surface area contributed by atoms with Crippen LogP contribution < -0.4 is 10.4 Å². The predicted molar refractivity (Wildman–Crippen MR) is 147 cm³/mol. The van der Waals surface area contributed by atoms with Crippen LogP contribution >= 0.6 is 0 Å². The lowest BCUT2D eigenvalue weighted by Crippen LogP contribution is -2.49. The zero-order valence-corrected chi connectivity index (χ0v) is 22.7. The third-order valence-corrected chi connectivity index (χ3v) is 9.19. The smallest absolute Gasteiger partial charge is 0.277 e. The van der Waals surface area contributed by atoms with Crippen LogP contribution in [0.15, 0.2) is 65.8 Å². The van der Waals surface area contributed by atoms with E-state index in [1.807, 2.05) is 17.0 Å². The molecule has 0 spiro atoms. The van der Waals surface area contributed by atoms with Gasteiger partial charge in [-0.15, -0.1) is 0 Å². The minimum atomic E-state index is -3.65. The molecule has 2 fully saturated rings. The first-order valence-electron chi connectivity index (χ1n) is 13.0. The molecule has 12 heteroatoms. The van der Waals surface area contributed by atoms with E-state index in [0.717, 1.165) is 43.9 Å². The Balaban J connectivity index is 1.21. The van der Waals surface area contributed by atoms with Crippen molar-refractivity contribution in [3.05, 3.63) is 72.1 Å². The zero-order chi connectivity index (χ0) is 27.4. The van der Waals surface area contributed by atoms with Gasteiger partial charge in [0.15, 0.2) is 0 Å². The van der Waals surface area contributed by atoms with Gasteiger partial charge in [0.25, 0.3) is 5.91 Å². The second-order valence-electron chi connectivity index (χ2n) is 9.91. The van der Waals surface area contributed by atoms with Gasteiger partial charge in [0.05, 0.1) is 10.5 Å². The van der Waals surface area contributed by atoms with Gasteiger partial charge in [-0.3, -0.25) is 14.9 Å². The fraction of sp³-hybridized carbons (Fsp3) is 0.370. The first-order chi connectivity index (χ1) is 18.8. The Kier molecular flexibility index (Phi) is 8.19. The third-order valence-electron chi connectivity index (χ3n) is 7.28. The van der Waals surface area contributed by atoms with Gasteiger partial charge in [-0.2, -0.15) is 4.31 Å². The first kappa shape index (κ1) is 27.2. The van der Waals surface area contributed by atoms with Gasteiger partial charge >= 0.3 is 0 Å². The van der Waals surface area contributed by atoms with Crippen LogP contribution in [0.25, 0.3) is 11.1 Å². The van der Waals surface area contributed by atoms with E-state index in [2.05, 4.69) is 51.1 Å². The quantitative estimate of drug-likeness (QED) is 0.332. The highest BCUT2D eigenvalue weighted by Gasteiger charge is 2.29. The summed E-state index contributed by atoms with van der Waals surface area (Å²) in [5.74, 6) is -0.289. The summed E-state index contributed by atoms with van der Waals surface area (Å²) in [6, 6.07) is 15.5. The molecule has 0 atom stereocenters. The molecule has 2 N–H and O–H groups in total. The predicted octanol–water partition coefficient (Wildman–Crippen LogP) is 1.52. The summed E-state index contributed by atoms with van der Waals surface area (Å²) in [5.41, 5.74) is 4.98. The standard InChI is InChI=1S/C27H33N7O4S/c1-31-9-11-32(12-10-31)20-21-3-2-4-23(17-21)22-5-7-25(8-6-22)39(37,38)34-15-13-33(14-16-34)27-28-18-24(19-29-27)26(35)30-36/h2-8,17-19,36H,9-16,20H2,1H3,(H,30,35). The molecule has 2 aliphatic heterocycles. The van der Waals surface area contributed by atoms with E-state index in [-0.39, 0.29) is 10.5 Å². The fourth-order valence-electron chi connectivity index (χ4n) is 4.88. The van der Waals surface area contributed by atoms with Gasteiger partial charge in [0.1, 0.15) is 0 Å². The van der Waals surface area contributed by atoms with Crippen LogP contribution in [-0.4, -0.2) is 103 Å². The van der Waals surface area contributed by atoms with Crippen molar-refractivity contribution in [3.8, 4) is 11.1 Å². The van der Waals surface area contributed by atoms with Crippen LogP contribution in [0.5, 0.6) is 0 Å². The van der Waals surface area contributed by atoms with Crippen LogP contribution in [0.4, 0.5) is 5.95 Å². The summed E-state index contributed by atoms with van der Waals surface area (Å²) < 4.78 is 28.1. The average molecular weight is 552 g/mol. The number of aromatic nitrogens is 2. The van der Waals surface area contributed by atoms with Crippen molar-refractivity contribution < 1.29 is 18.4 Å². The number of hydrogen-bond donors (Lipinski definition) is 2. The minimum absolute atomic E-state index is 0.132. The van der Waals surface area contributed by atoms with E-state index in [1.54, 1.807) is 17.6 Å². The maximum Gasteiger partial charge on any atom is 0.277 e. The highest BCUT2D eigenvalue weighted by Crippen LogP contribution is 2.25. The number of amides is 1. The monoisotopic (exact) mass is 551 g/mol. The van der Waals surface area contributed by atoms with Crippen molar-refractivity contribution in [3.63, 3.8) is 0 Å². The molecule has 2 saturated heterocycles. The first-order valence-corrected chi connectivity index (χ1v) is 14.4. The lowest BCUT2D eigenvalue weighted by Gasteiger charge is -2.34. The third kappa shape index (κ3) is 6.26. The number of carbonyl (C=O) groups is 1. The molecule has 1 aromatic heterocycles. The summed E-state index contributed by atoms with van der Waals surface area (Å²) in [6.45, 7) is 6.61. The minimum Gasteiger partial charge on any atom is -0.338 e. The molecule has 0 bridgehead atoms. The average Bonchev–Trinajstić information content (AvgIpc) is 2.98. The van der Waals surface area contributed by atoms with Crippen molar-refractivity contribution in [2.24, 2.45) is 0 Å². The van der Waals surface area contributed by atoms with Gasteiger partial charge in [0, 0.05) is 71.3 Å². The molecule has 206 valence electrons. The lowest BCUT2D eigenvalue weighted by atomic mass is 10.0. The van der Waals surface area contributed by atoms with Crippen molar-refractivity contribution in [2.45, 2.75) is 11.4 Å². The number of anilines is 1. The SMILES string of the molecule is CN1CCN(Cc2cccc(-c3ccc(S(=O)(=O)N4CCN(c5ncc(C(=O)NO)cn5)CC4)cc3)c2)CC1. The summed E-state index contributed by atoms with van der Waals surface area (Å²) in [6.07, 6.45) is 2.64. The number of nitrogens with one attached hydrogen (secondary N) is 1. The number of hydrogen-bond acceptors (Lipinski definition) is 9. The topological polar surface area (TPSA) is 122 Å². The molecule has 39 heavy (non-hydrogen) atoms. The van der Waals surface area contributed by atoms with Gasteiger partial charge in [-0.05, 0) is 41.9 Å². The molecule has 3 aromatic rings. The Morgan fingerprint density at radius 3 is 2.21 bits per heavy atom. The highest BCUT2D eigenvalue weighted by atomic mass is 32.2. The number of carbonyl (C=O) groups excluding carboxylic acids is 1. The normalized spacial score (nSPS) is 17.7. The number of hydroxylamine groups is 1. The molecule has 0 aliphatic carbocycles. The van der Waals surface area contributed by atoms with Crippen LogP contribution in [0.3, 0.4) is 0 Å². The maximum atomic E-state index is 13.3. The second-order valence-corrected chi connectivity index (χ2v) is 11.8. The number of rotatable bonds is 7. The Bertz CT molecular complexity index is 1380.